The van der Waals surface area contributed by atoms with E-state index in [1.165, 1.54) is 24.4 Å². The fourth-order valence-electron chi connectivity index (χ4n) is 8.96. The molecule has 19 heteroatoms. The van der Waals surface area contributed by atoms with Crippen LogP contribution in [0.2, 0.25) is 0 Å². The molecule has 4 aliphatic rings. The van der Waals surface area contributed by atoms with Crippen LogP contribution in [0.1, 0.15) is 44.1 Å². The summed E-state index contributed by atoms with van der Waals surface area (Å²) in [6.45, 7) is 5.86. The second kappa shape index (κ2) is 21.2. The van der Waals surface area contributed by atoms with Crippen molar-refractivity contribution in [3.63, 3.8) is 0 Å². The number of H-pyrrole nitrogens is 1. The Kier molecular flexibility index (Phi) is 15.9. The average molecular weight is 963 g/mol. The highest BCUT2D eigenvalue weighted by Gasteiger charge is 2.61. The van der Waals surface area contributed by atoms with Crippen molar-refractivity contribution in [1.82, 2.24) is 20.6 Å². The van der Waals surface area contributed by atoms with E-state index in [4.69, 9.17) is 39.6 Å². The summed E-state index contributed by atoms with van der Waals surface area (Å²) in [7, 11) is 2.19. The summed E-state index contributed by atoms with van der Waals surface area (Å²) in [5, 5.41) is 42.4. The van der Waals surface area contributed by atoms with Crippen molar-refractivity contribution in [2.75, 3.05) is 39.1 Å². The molecular formula is C47H54N4O12S3. The number of alkyl carbamates (subject to hydrolysis) is 1. The number of ether oxygens (including phenoxy) is 6. The molecule has 2 fully saturated rings. The van der Waals surface area contributed by atoms with Crippen molar-refractivity contribution < 1.29 is 58.1 Å². The quantitative estimate of drug-likeness (QED) is 0.0821. The first kappa shape index (κ1) is 49.4. The number of aromatic nitrogens is 2. The van der Waals surface area contributed by atoms with Crippen molar-refractivity contribution in [3.05, 3.63) is 71.2 Å². The molecular weight excluding hydrogens is 909 g/mol. The van der Waals surface area contributed by atoms with E-state index in [0.29, 0.717) is 33.1 Å². The number of hydrogen-bond acceptors (Lipinski definition) is 16. The number of carbonyl (C=O) groups excluding carboxylic acids is 3. The van der Waals surface area contributed by atoms with Gasteiger partial charge in [0.25, 0.3) is 0 Å². The number of benzene rings is 1. The molecule has 2 aromatic heterocycles. The summed E-state index contributed by atoms with van der Waals surface area (Å²) in [5.41, 5.74) is 1.28. The standard InChI is InChI=1S/C47H54N4O12S3/c1-24(2)49-32-23-60-37(22-36(32)58-4)63-42-44(56)47(65-6,43(55)41-40-27(16-18-48-41)30-20-26(52)14-15-31(30)50-40)25(3)61-45(42)62-35-13-11-9-8-10-12-29-38(35)28(17-19-66(7)64)33(53)21-34(54)39(29)51-46(57)59-5/h8-9,14-18,20,24-25,32-33,35-38,42,44-45,49-50,52-53,56H,19,21-23H2,1-7H3,(H,51,57)/b9-8-,28-17-/t25?,32?,33-,35-,36?,37?,38?,42?,44?,45?,47?,66?/m0/s1. The smallest absolute Gasteiger partial charge is 0.411 e. The summed E-state index contributed by atoms with van der Waals surface area (Å²) in [6, 6.07) is 6.51. The molecule has 1 amide bonds. The number of Topliss-reactive ketones (excluding diaryl/α,β-unsaturated/α-hetero) is 2. The van der Waals surface area contributed by atoms with Crippen LogP contribution in [0.25, 0.3) is 21.8 Å². The molecule has 0 radical (unpaired) electrons. The number of aliphatic hydroxyl groups excluding tert-OH is 2. The van der Waals surface area contributed by atoms with E-state index in [1.54, 1.807) is 44.6 Å². The predicted molar refractivity (Wildman–Crippen MR) is 253 cm³/mol. The van der Waals surface area contributed by atoms with Crippen LogP contribution in [0.15, 0.2) is 65.5 Å². The minimum atomic E-state index is -1.78. The van der Waals surface area contributed by atoms with Crippen molar-refractivity contribution in [1.29, 1.82) is 0 Å². The van der Waals surface area contributed by atoms with Crippen LogP contribution >= 0.6 is 11.8 Å². The Labute approximate surface area is 394 Å². The van der Waals surface area contributed by atoms with Gasteiger partial charge < -0.3 is 54.0 Å². The maximum Gasteiger partial charge on any atom is 0.411 e. The van der Waals surface area contributed by atoms with Crippen LogP contribution < -0.4 is 10.6 Å². The number of pyridine rings is 1. The highest BCUT2D eigenvalue weighted by atomic mass is 32.8. The number of rotatable bonds is 13. The van der Waals surface area contributed by atoms with Gasteiger partial charge in [0, 0.05) is 59.8 Å². The number of phenols is 1. The number of fused-ring (bicyclic) bond motifs is 4. The average Bonchev–Trinajstić information content (AvgIpc) is 3.66. The van der Waals surface area contributed by atoms with E-state index >= 15 is 4.79 Å². The van der Waals surface area contributed by atoms with Crippen molar-refractivity contribution in [2.24, 2.45) is 5.92 Å². The van der Waals surface area contributed by atoms with Gasteiger partial charge in [0.15, 0.2) is 18.4 Å². The molecule has 16 nitrogen and oxygen atoms in total. The minimum absolute atomic E-state index is 0.0256. The fourth-order valence-corrected chi connectivity index (χ4v) is 10.6. The van der Waals surface area contributed by atoms with E-state index in [-0.39, 0.29) is 53.9 Å². The second-order valence-corrected chi connectivity index (χ2v) is 20.8. The Morgan fingerprint density at radius 2 is 1.94 bits per heavy atom. The molecule has 2 aliphatic carbocycles. The van der Waals surface area contributed by atoms with Gasteiger partial charge in [-0.15, -0.1) is 21.2 Å². The van der Waals surface area contributed by atoms with Gasteiger partial charge in [-0.1, -0.05) is 54.8 Å². The van der Waals surface area contributed by atoms with E-state index in [9.17, 15) is 24.9 Å². The topological polar surface area (TPSA) is 220 Å². The van der Waals surface area contributed by atoms with Gasteiger partial charge in [-0.25, -0.2) is 4.79 Å². The molecule has 0 spiro atoms. The molecule has 12 atom stereocenters. The lowest BCUT2D eigenvalue weighted by Crippen LogP contribution is -2.69. The Morgan fingerprint density at radius 1 is 1.17 bits per heavy atom. The van der Waals surface area contributed by atoms with Crippen LogP contribution in [-0.4, -0.2) is 148 Å². The first-order valence-electron chi connectivity index (χ1n) is 21.3. The summed E-state index contributed by atoms with van der Waals surface area (Å²) >= 11 is 6.60. The first-order valence-corrected chi connectivity index (χ1v) is 25.3. The molecule has 6 N–H and O–H groups in total. The molecule has 4 heterocycles. The lowest BCUT2D eigenvalue weighted by Gasteiger charge is -2.51. The maximum atomic E-state index is 15.3. The molecule has 66 heavy (non-hydrogen) atoms. The fraction of sp³-hybridized carbons (Fsp3) is 0.489. The Balaban J connectivity index is 1.35. The van der Waals surface area contributed by atoms with E-state index in [0.717, 1.165) is 18.9 Å². The second-order valence-electron chi connectivity index (χ2n) is 16.6. The lowest BCUT2D eigenvalue weighted by atomic mass is 9.82. The summed E-state index contributed by atoms with van der Waals surface area (Å²) < 4.78 is 35.7. The highest BCUT2D eigenvalue weighted by Crippen LogP contribution is 2.46. The Hall–Kier alpha value is -4.48. The van der Waals surface area contributed by atoms with Crippen LogP contribution in [-0.2, 0) is 53.9 Å². The predicted octanol–water partition coefficient (Wildman–Crippen LogP) is 3.48. The van der Waals surface area contributed by atoms with Crippen molar-refractivity contribution in [2.45, 2.75) is 99.6 Å². The molecule has 3 aromatic rings. The van der Waals surface area contributed by atoms with E-state index in [1.807, 2.05) is 20.1 Å². The van der Waals surface area contributed by atoms with Crippen LogP contribution in [0.3, 0.4) is 0 Å². The third-order valence-corrected chi connectivity index (χ3v) is 14.6. The minimum Gasteiger partial charge on any atom is -0.508 e. The highest BCUT2D eigenvalue weighted by molar-refractivity contribution is 8.28. The number of thioether (sulfide) groups is 1. The number of ketones is 2. The molecule has 1 aromatic carbocycles. The zero-order valence-corrected chi connectivity index (χ0v) is 39.9. The third-order valence-electron chi connectivity index (χ3n) is 12.1. The summed E-state index contributed by atoms with van der Waals surface area (Å²) in [5.74, 6) is 10.0. The number of methoxy groups -OCH3 is 2. The van der Waals surface area contributed by atoms with Gasteiger partial charge in [0.2, 0.25) is 5.78 Å². The Morgan fingerprint density at radius 3 is 2.65 bits per heavy atom. The van der Waals surface area contributed by atoms with Gasteiger partial charge in [-0.2, -0.15) is 0 Å². The van der Waals surface area contributed by atoms with Crippen LogP contribution in [0.5, 0.6) is 5.75 Å². The SMILES string of the molecule is COC(=O)NC1=C2C#C/C=C\C#C[C@H](OC3OC(C)C(SC)(C(=O)c4nccc5c4[nH]c4ccc(O)cc45)C(O)C3OC3CC(OC)C(NC(C)C)CO3)C2/C(=C\CS(C)=S)[C@@H](O)CC1=O. The number of nitrogens with zero attached hydrogens (tertiary/aromatic N) is 1. The maximum absolute atomic E-state index is 15.3. The van der Waals surface area contributed by atoms with Gasteiger partial charge in [0.1, 0.15) is 34.5 Å². The molecule has 352 valence electrons. The molecule has 2 aliphatic heterocycles. The zero-order valence-electron chi connectivity index (χ0n) is 37.5. The third kappa shape index (κ3) is 10.0. The number of hydrogen-bond donors (Lipinski definition) is 6. The molecule has 0 bridgehead atoms. The Bertz CT molecular complexity index is 2610. The number of amides is 1. The number of aromatic amines is 1. The zero-order chi connectivity index (χ0) is 47.4. The first-order chi connectivity index (χ1) is 31.6. The van der Waals surface area contributed by atoms with Crippen molar-refractivity contribution in [3.8, 4) is 29.4 Å². The van der Waals surface area contributed by atoms with Crippen LogP contribution in [0, 0.1) is 29.6 Å². The molecule has 2 saturated heterocycles. The summed E-state index contributed by atoms with van der Waals surface area (Å²) in [4.78, 5) is 49.8. The monoisotopic (exact) mass is 962 g/mol. The van der Waals surface area contributed by atoms with Crippen LogP contribution in [0.4, 0.5) is 4.79 Å². The van der Waals surface area contributed by atoms with Crippen molar-refractivity contribution >= 4 is 71.9 Å². The van der Waals surface area contributed by atoms with E-state index in [2.05, 4.69) is 44.3 Å². The number of allylic oxidation sites excluding steroid dienone is 3. The van der Waals surface area contributed by atoms with Gasteiger partial charge in [0.05, 0.1) is 55.2 Å². The largest absolute Gasteiger partial charge is 0.508 e. The number of aliphatic hydroxyl groups is 2. The van der Waals surface area contributed by atoms with Gasteiger partial charge >= 0.3 is 6.09 Å². The van der Waals surface area contributed by atoms with Gasteiger partial charge in [-0.05, 0) is 61.4 Å². The van der Waals surface area contributed by atoms with Gasteiger partial charge in [-0.3, -0.25) is 19.9 Å². The lowest BCUT2D eigenvalue weighted by molar-refractivity contribution is -0.326. The molecule has 7 rings (SSSR count). The number of carbonyl (C=O) groups is 3. The number of phenolic OH excluding ortho intramolecular Hbond substituents is 1. The number of aromatic hydroxyl groups is 1. The summed E-state index contributed by atoms with van der Waals surface area (Å²) in [6.07, 6.45) is -1.16. The number of nitrogens with one attached hydrogen (secondary N) is 3. The molecule has 10 unspecified atom stereocenters. The normalized spacial score (nSPS) is 31.7. The van der Waals surface area contributed by atoms with E-state index < -0.39 is 87.3 Å². The molecule has 0 saturated carbocycles.